The summed E-state index contributed by atoms with van der Waals surface area (Å²) in [5.41, 5.74) is 1.05. The number of benzene rings is 1. The quantitative estimate of drug-likeness (QED) is 0.574. The highest BCUT2D eigenvalue weighted by molar-refractivity contribution is 6.31. The van der Waals surface area contributed by atoms with Gasteiger partial charge in [-0.05, 0) is 24.5 Å². The molecule has 1 saturated heterocycles. The zero-order chi connectivity index (χ0) is 19.1. The molecule has 27 heavy (non-hydrogen) atoms. The molecule has 1 amide bonds. The summed E-state index contributed by atoms with van der Waals surface area (Å²) in [5.74, 6) is 1.46. The number of hydrogen-bond donors (Lipinski definition) is 2. The number of rotatable bonds is 6. The van der Waals surface area contributed by atoms with Gasteiger partial charge < -0.3 is 15.5 Å². The van der Waals surface area contributed by atoms with E-state index in [-0.39, 0.29) is 0 Å². The standard InChI is InChI=1S/C20H30ClN5O/c1-22-20(24-15-17-5-2-3-8-18(17)21)23-9-10-25-11-13-26(14-12-25)19(27)16-6-4-7-16/h2-3,5,8,16H,4,6-7,9-15H2,1H3,(H2,22,23,24). The summed E-state index contributed by atoms with van der Waals surface area (Å²) >= 11 is 6.19. The summed E-state index contributed by atoms with van der Waals surface area (Å²) < 4.78 is 0. The normalized spacial score (nSPS) is 18.9. The molecule has 2 fully saturated rings. The average molecular weight is 392 g/mol. The molecule has 0 aromatic heterocycles. The van der Waals surface area contributed by atoms with Crippen LogP contribution < -0.4 is 10.6 Å². The first kappa shape index (κ1) is 20.0. The predicted octanol–water partition coefficient (Wildman–Crippen LogP) is 1.95. The number of nitrogens with one attached hydrogen (secondary N) is 2. The highest BCUT2D eigenvalue weighted by Gasteiger charge is 2.30. The first-order valence-corrected chi connectivity index (χ1v) is 10.2. The van der Waals surface area contributed by atoms with E-state index in [1.165, 1.54) is 6.42 Å². The van der Waals surface area contributed by atoms with Crippen molar-refractivity contribution in [1.82, 2.24) is 20.4 Å². The minimum Gasteiger partial charge on any atom is -0.355 e. The third-order valence-corrected chi connectivity index (χ3v) is 5.86. The highest BCUT2D eigenvalue weighted by Crippen LogP contribution is 2.28. The van der Waals surface area contributed by atoms with Crippen LogP contribution in [0.15, 0.2) is 29.3 Å². The molecule has 0 bridgehead atoms. The van der Waals surface area contributed by atoms with Gasteiger partial charge in [0.05, 0.1) is 0 Å². The summed E-state index contributed by atoms with van der Waals surface area (Å²) in [4.78, 5) is 21.0. The molecule has 1 heterocycles. The van der Waals surface area contributed by atoms with Crippen molar-refractivity contribution in [2.24, 2.45) is 10.9 Å². The number of aliphatic imine (C=N–C) groups is 1. The van der Waals surface area contributed by atoms with Gasteiger partial charge in [-0.25, -0.2) is 0 Å². The number of hydrogen-bond acceptors (Lipinski definition) is 3. The Balaban J connectivity index is 1.33. The maximum atomic E-state index is 12.3. The van der Waals surface area contributed by atoms with Crippen LogP contribution in [0.25, 0.3) is 0 Å². The molecular weight excluding hydrogens is 362 g/mol. The van der Waals surface area contributed by atoms with Crippen LogP contribution in [0.2, 0.25) is 5.02 Å². The van der Waals surface area contributed by atoms with Gasteiger partial charge in [0.2, 0.25) is 5.91 Å². The third kappa shape index (κ3) is 5.59. The molecular formula is C20H30ClN5O. The lowest BCUT2D eigenvalue weighted by Gasteiger charge is -2.38. The van der Waals surface area contributed by atoms with Crippen molar-refractivity contribution in [3.8, 4) is 0 Å². The predicted molar refractivity (Wildman–Crippen MR) is 110 cm³/mol. The Hall–Kier alpha value is -1.79. The molecule has 1 aromatic carbocycles. The Kier molecular flexibility index (Phi) is 7.35. The van der Waals surface area contributed by atoms with E-state index in [1.807, 2.05) is 24.3 Å². The fourth-order valence-corrected chi connectivity index (χ4v) is 3.68. The molecule has 1 aliphatic carbocycles. The Morgan fingerprint density at radius 3 is 2.56 bits per heavy atom. The number of nitrogens with zero attached hydrogens (tertiary/aromatic N) is 3. The van der Waals surface area contributed by atoms with Crippen LogP contribution in [0, 0.1) is 5.92 Å². The molecule has 1 saturated carbocycles. The summed E-state index contributed by atoms with van der Waals surface area (Å²) in [7, 11) is 1.77. The fraction of sp³-hybridized carbons (Fsp3) is 0.600. The van der Waals surface area contributed by atoms with E-state index in [0.29, 0.717) is 18.4 Å². The first-order valence-electron chi connectivity index (χ1n) is 9.86. The van der Waals surface area contributed by atoms with Crippen molar-refractivity contribution in [1.29, 1.82) is 0 Å². The van der Waals surface area contributed by atoms with E-state index in [2.05, 4.69) is 25.4 Å². The van der Waals surface area contributed by atoms with Crippen LogP contribution >= 0.6 is 11.6 Å². The second kappa shape index (κ2) is 9.95. The fourth-order valence-electron chi connectivity index (χ4n) is 3.48. The number of halogens is 1. The van der Waals surface area contributed by atoms with Crippen LogP contribution in [0.1, 0.15) is 24.8 Å². The molecule has 3 rings (SSSR count). The van der Waals surface area contributed by atoms with Gasteiger partial charge in [0.1, 0.15) is 0 Å². The van der Waals surface area contributed by atoms with Crippen LogP contribution in [-0.4, -0.2) is 68.0 Å². The van der Waals surface area contributed by atoms with Crippen LogP contribution in [0.5, 0.6) is 0 Å². The van der Waals surface area contributed by atoms with Gasteiger partial charge in [-0.3, -0.25) is 14.7 Å². The van der Waals surface area contributed by atoms with Crippen LogP contribution in [-0.2, 0) is 11.3 Å². The topological polar surface area (TPSA) is 60.0 Å². The first-order chi connectivity index (χ1) is 13.2. The second-order valence-corrected chi connectivity index (χ2v) is 7.65. The number of guanidine groups is 1. The number of amides is 1. The van der Waals surface area contributed by atoms with Gasteiger partial charge in [0.15, 0.2) is 5.96 Å². The van der Waals surface area contributed by atoms with E-state index in [9.17, 15) is 4.79 Å². The summed E-state index contributed by atoms with van der Waals surface area (Å²) in [6, 6.07) is 7.81. The van der Waals surface area contributed by atoms with Crippen LogP contribution in [0.4, 0.5) is 0 Å². The van der Waals surface area contributed by atoms with E-state index < -0.39 is 0 Å². The van der Waals surface area contributed by atoms with Gasteiger partial charge in [-0.1, -0.05) is 36.2 Å². The van der Waals surface area contributed by atoms with Crippen molar-refractivity contribution in [2.45, 2.75) is 25.8 Å². The largest absolute Gasteiger partial charge is 0.355 e. The van der Waals surface area contributed by atoms with Crippen molar-refractivity contribution in [2.75, 3.05) is 46.3 Å². The van der Waals surface area contributed by atoms with E-state index in [4.69, 9.17) is 11.6 Å². The number of carbonyl (C=O) groups excluding carboxylic acids is 1. The molecule has 1 aliphatic heterocycles. The summed E-state index contributed by atoms with van der Waals surface area (Å²) in [6.07, 6.45) is 3.39. The molecule has 0 radical (unpaired) electrons. The molecule has 1 aromatic rings. The molecule has 0 atom stereocenters. The van der Waals surface area contributed by atoms with Gasteiger partial charge in [-0.2, -0.15) is 0 Å². The SMILES string of the molecule is CN=C(NCCN1CCN(C(=O)C2CCC2)CC1)NCc1ccccc1Cl. The smallest absolute Gasteiger partial charge is 0.225 e. The second-order valence-electron chi connectivity index (χ2n) is 7.24. The molecule has 2 N–H and O–H groups in total. The van der Waals surface area contributed by atoms with Gasteiger partial charge in [0.25, 0.3) is 0 Å². The zero-order valence-electron chi connectivity index (χ0n) is 16.1. The Morgan fingerprint density at radius 2 is 1.93 bits per heavy atom. The van der Waals surface area contributed by atoms with Crippen LogP contribution in [0.3, 0.4) is 0 Å². The highest BCUT2D eigenvalue weighted by atomic mass is 35.5. The maximum Gasteiger partial charge on any atom is 0.225 e. The molecule has 0 unspecified atom stereocenters. The van der Waals surface area contributed by atoms with E-state index >= 15 is 0 Å². The molecule has 148 valence electrons. The minimum atomic E-state index is 0.311. The van der Waals surface area contributed by atoms with E-state index in [1.54, 1.807) is 7.05 Å². The van der Waals surface area contributed by atoms with Gasteiger partial charge >= 0.3 is 0 Å². The van der Waals surface area contributed by atoms with Crippen molar-refractivity contribution in [3.63, 3.8) is 0 Å². The molecule has 0 spiro atoms. The lowest BCUT2D eigenvalue weighted by molar-refractivity contribution is -0.139. The molecule has 2 aliphatic rings. The monoisotopic (exact) mass is 391 g/mol. The van der Waals surface area contributed by atoms with Gasteiger partial charge in [-0.15, -0.1) is 0 Å². The average Bonchev–Trinajstić information content (AvgIpc) is 2.64. The summed E-state index contributed by atoms with van der Waals surface area (Å²) in [5, 5.41) is 7.40. The van der Waals surface area contributed by atoms with E-state index in [0.717, 1.165) is 68.7 Å². The number of piperazine rings is 1. The Morgan fingerprint density at radius 1 is 1.19 bits per heavy atom. The molecule has 6 nitrogen and oxygen atoms in total. The van der Waals surface area contributed by atoms with Crippen molar-refractivity contribution < 1.29 is 4.79 Å². The van der Waals surface area contributed by atoms with Crippen molar-refractivity contribution in [3.05, 3.63) is 34.9 Å². The summed E-state index contributed by atoms with van der Waals surface area (Å²) in [6.45, 7) is 6.01. The Bertz CT molecular complexity index is 654. The Labute approximate surface area is 167 Å². The molecule has 7 heteroatoms. The minimum absolute atomic E-state index is 0.311. The lowest BCUT2D eigenvalue weighted by atomic mass is 9.84. The van der Waals surface area contributed by atoms with Crippen molar-refractivity contribution >= 4 is 23.5 Å². The number of carbonyl (C=O) groups is 1. The third-order valence-electron chi connectivity index (χ3n) is 5.49. The van der Waals surface area contributed by atoms with Gasteiger partial charge in [0, 0.05) is 63.8 Å². The maximum absolute atomic E-state index is 12.3. The lowest BCUT2D eigenvalue weighted by Crippen LogP contribution is -2.52. The zero-order valence-corrected chi connectivity index (χ0v) is 16.8.